The molecule has 0 aromatic rings. The minimum atomic E-state index is -0.446. The van der Waals surface area contributed by atoms with E-state index in [4.69, 9.17) is 4.74 Å². The minimum absolute atomic E-state index is 0.0788. The van der Waals surface area contributed by atoms with Gasteiger partial charge in [0.1, 0.15) is 11.4 Å². The third-order valence-corrected chi connectivity index (χ3v) is 2.26. The van der Waals surface area contributed by atoms with E-state index in [9.17, 15) is 9.59 Å². The van der Waals surface area contributed by atoms with E-state index in [1.165, 1.54) is 0 Å². The highest BCUT2D eigenvalue weighted by Gasteiger charge is 2.28. The number of carbonyl (C=O) groups excluding carboxylic acids is 2. The molecule has 80 valence electrons. The molecule has 1 atom stereocenters. The Labute approximate surface area is 84.8 Å². The number of rotatable bonds is 2. The molecule has 1 rings (SSSR count). The highest BCUT2D eigenvalue weighted by molar-refractivity contribution is 5.86. The van der Waals surface area contributed by atoms with Crippen LogP contribution in [-0.4, -0.2) is 17.4 Å². The van der Waals surface area contributed by atoms with Crippen LogP contribution in [0.15, 0.2) is 0 Å². The van der Waals surface area contributed by atoms with Crippen molar-refractivity contribution in [1.82, 2.24) is 0 Å². The summed E-state index contributed by atoms with van der Waals surface area (Å²) in [7, 11) is 0. The molecule has 0 aliphatic heterocycles. The third-order valence-electron chi connectivity index (χ3n) is 2.26. The Morgan fingerprint density at radius 1 is 1.50 bits per heavy atom. The maximum Gasteiger partial charge on any atom is 0.307 e. The largest absolute Gasteiger partial charge is 0.460 e. The Bertz CT molecular complexity index is 237. The number of hydrogen-bond donors (Lipinski definition) is 0. The molecule has 3 heteroatoms. The lowest BCUT2D eigenvalue weighted by Gasteiger charge is -2.20. The van der Waals surface area contributed by atoms with Crippen molar-refractivity contribution in [1.29, 1.82) is 0 Å². The summed E-state index contributed by atoms with van der Waals surface area (Å²) < 4.78 is 5.16. The fourth-order valence-corrected chi connectivity index (χ4v) is 1.69. The van der Waals surface area contributed by atoms with Gasteiger partial charge in [-0.3, -0.25) is 9.59 Å². The second-order valence-corrected chi connectivity index (χ2v) is 4.85. The van der Waals surface area contributed by atoms with Crippen LogP contribution in [-0.2, 0) is 14.3 Å². The Kier molecular flexibility index (Phi) is 3.29. The molecule has 0 amide bonds. The topological polar surface area (TPSA) is 43.4 Å². The summed E-state index contributed by atoms with van der Waals surface area (Å²) in [4.78, 5) is 22.7. The zero-order valence-corrected chi connectivity index (χ0v) is 9.13. The Morgan fingerprint density at radius 3 is 2.57 bits per heavy atom. The van der Waals surface area contributed by atoms with Crippen molar-refractivity contribution in [3.63, 3.8) is 0 Å². The molecule has 0 N–H and O–H groups in total. The zero-order chi connectivity index (χ0) is 10.8. The minimum Gasteiger partial charge on any atom is -0.460 e. The average molecular weight is 198 g/mol. The van der Waals surface area contributed by atoms with Gasteiger partial charge in [-0.2, -0.15) is 0 Å². The van der Waals surface area contributed by atoms with E-state index in [-0.39, 0.29) is 24.1 Å². The molecule has 0 aromatic carbocycles. The molecule has 14 heavy (non-hydrogen) atoms. The number of ether oxygens (including phenoxy) is 1. The monoisotopic (exact) mass is 198 g/mol. The van der Waals surface area contributed by atoms with Crippen molar-refractivity contribution in [2.45, 2.75) is 52.1 Å². The Hall–Kier alpha value is -0.860. The van der Waals surface area contributed by atoms with E-state index in [2.05, 4.69) is 0 Å². The van der Waals surface area contributed by atoms with E-state index in [1.54, 1.807) is 0 Å². The molecular weight excluding hydrogens is 180 g/mol. The number of hydrogen-bond acceptors (Lipinski definition) is 3. The van der Waals surface area contributed by atoms with Gasteiger partial charge in [-0.05, 0) is 33.6 Å². The number of carbonyl (C=O) groups is 2. The first kappa shape index (κ1) is 11.2. The molecule has 1 aliphatic carbocycles. The molecule has 0 heterocycles. The molecule has 0 radical (unpaired) electrons. The SMILES string of the molecule is CC(C)(C)OC(=O)C[C@H]1CCCC1=O. The van der Waals surface area contributed by atoms with Gasteiger partial charge in [-0.15, -0.1) is 0 Å². The first-order chi connectivity index (χ1) is 6.38. The average Bonchev–Trinajstić information content (AvgIpc) is 2.32. The summed E-state index contributed by atoms with van der Waals surface area (Å²) in [5.74, 6) is -0.113. The van der Waals surface area contributed by atoms with Crippen LogP contribution in [0.4, 0.5) is 0 Å². The number of ketones is 1. The molecule has 0 saturated heterocycles. The second-order valence-electron chi connectivity index (χ2n) is 4.85. The van der Waals surface area contributed by atoms with Crippen molar-refractivity contribution in [2.75, 3.05) is 0 Å². The highest BCUT2D eigenvalue weighted by atomic mass is 16.6. The van der Waals surface area contributed by atoms with Crippen LogP contribution >= 0.6 is 0 Å². The molecule has 1 fully saturated rings. The van der Waals surface area contributed by atoms with Gasteiger partial charge in [0.15, 0.2) is 0 Å². The van der Waals surface area contributed by atoms with E-state index in [0.717, 1.165) is 12.8 Å². The van der Waals surface area contributed by atoms with Crippen LogP contribution in [0, 0.1) is 5.92 Å². The standard InChI is InChI=1S/C11H18O3/c1-11(2,3)14-10(13)7-8-5-4-6-9(8)12/h8H,4-7H2,1-3H3/t8-/m1/s1. The van der Waals surface area contributed by atoms with Gasteiger partial charge in [0.25, 0.3) is 0 Å². The molecule has 0 spiro atoms. The third kappa shape index (κ3) is 3.48. The molecule has 0 bridgehead atoms. The van der Waals surface area contributed by atoms with Crippen molar-refractivity contribution in [3.8, 4) is 0 Å². The second kappa shape index (κ2) is 4.11. The van der Waals surface area contributed by atoms with Gasteiger partial charge in [0, 0.05) is 12.3 Å². The number of Topliss-reactive ketones (excluding diaryl/α,β-unsaturated/α-hetero) is 1. The molecule has 3 nitrogen and oxygen atoms in total. The lowest BCUT2D eigenvalue weighted by Crippen LogP contribution is -2.26. The van der Waals surface area contributed by atoms with Gasteiger partial charge in [0.05, 0.1) is 6.42 Å². The first-order valence-electron chi connectivity index (χ1n) is 5.13. The smallest absolute Gasteiger partial charge is 0.307 e. The summed E-state index contributed by atoms with van der Waals surface area (Å²) in [6.45, 7) is 5.50. The van der Waals surface area contributed by atoms with Crippen LogP contribution in [0.2, 0.25) is 0 Å². The van der Waals surface area contributed by atoms with Crippen LogP contribution in [0.3, 0.4) is 0 Å². The molecular formula is C11H18O3. The van der Waals surface area contributed by atoms with Gasteiger partial charge >= 0.3 is 5.97 Å². The molecule has 0 aromatic heterocycles. The Balaban J connectivity index is 2.37. The summed E-state index contributed by atoms with van der Waals surface area (Å²) in [6, 6.07) is 0. The van der Waals surface area contributed by atoms with Gasteiger partial charge in [0.2, 0.25) is 0 Å². The van der Waals surface area contributed by atoms with E-state index >= 15 is 0 Å². The lowest BCUT2D eigenvalue weighted by molar-refractivity contribution is -0.156. The van der Waals surface area contributed by atoms with Gasteiger partial charge < -0.3 is 4.74 Å². The summed E-state index contributed by atoms with van der Waals surface area (Å²) in [5, 5.41) is 0. The van der Waals surface area contributed by atoms with Gasteiger partial charge in [-0.1, -0.05) is 0 Å². The van der Waals surface area contributed by atoms with Crippen LogP contribution in [0.1, 0.15) is 46.5 Å². The highest BCUT2D eigenvalue weighted by Crippen LogP contribution is 2.25. The quantitative estimate of drug-likeness (QED) is 0.638. The normalized spacial score (nSPS) is 22.5. The maximum atomic E-state index is 11.4. The van der Waals surface area contributed by atoms with Crippen molar-refractivity contribution in [2.24, 2.45) is 5.92 Å². The first-order valence-corrected chi connectivity index (χ1v) is 5.13. The molecule has 1 aliphatic rings. The van der Waals surface area contributed by atoms with Gasteiger partial charge in [-0.25, -0.2) is 0 Å². The predicted octanol–water partition coefficient (Wildman–Crippen LogP) is 2.09. The maximum absolute atomic E-state index is 11.4. The summed E-state index contributed by atoms with van der Waals surface area (Å²) in [5.41, 5.74) is -0.446. The summed E-state index contributed by atoms with van der Waals surface area (Å²) >= 11 is 0. The lowest BCUT2D eigenvalue weighted by atomic mass is 10.0. The fourth-order valence-electron chi connectivity index (χ4n) is 1.69. The number of esters is 1. The van der Waals surface area contributed by atoms with Crippen molar-refractivity contribution in [3.05, 3.63) is 0 Å². The van der Waals surface area contributed by atoms with Crippen molar-refractivity contribution >= 4 is 11.8 Å². The van der Waals surface area contributed by atoms with Crippen LogP contribution < -0.4 is 0 Å². The summed E-state index contributed by atoms with van der Waals surface area (Å²) in [6.07, 6.45) is 2.66. The molecule has 1 saturated carbocycles. The predicted molar refractivity (Wildman–Crippen MR) is 52.8 cm³/mol. The van der Waals surface area contributed by atoms with E-state index in [1.807, 2.05) is 20.8 Å². The van der Waals surface area contributed by atoms with Crippen molar-refractivity contribution < 1.29 is 14.3 Å². The van der Waals surface area contributed by atoms with Crippen LogP contribution in [0.25, 0.3) is 0 Å². The van der Waals surface area contributed by atoms with Crippen LogP contribution in [0.5, 0.6) is 0 Å². The zero-order valence-electron chi connectivity index (χ0n) is 9.13. The Morgan fingerprint density at radius 2 is 2.14 bits per heavy atom. The van der Waals surface area contributed by atoms with E-state index in [0.29, 0.717) is 6.42 Å². The van der Waals surface area contributed by atoms with E-state index < -0.39 is 5.60 Å². The fraction of sp³-hybridized carbons (Fsp3) is 0.818. The molecule has 0 unspecified atom stereocenters.